The van der Waals surface area contributed by atoms with Crippen molar-refractivity contribution >= 4 is 5.97 Å². The van der Waals surface area contributed by atoms with Crippen LogP contribution in [-0.2, 0) is 4.74 Å². The van der Waals surface area contributed by atoms with Gasteiger partial charge in [-0.3, -0.25) is 0 Å². The molecule has 2 aliphatic rings. The zero-order valence-corrected chi connectivity index (χ0v) is 24.1. The second kappa shape index (κ2) is 14.9. The van der Waals surface area contributed by atoms with E-state index >= 15 is 8.78 Å². The van der Waals surface area contributed by atoms with E-state index in [1.165, 1.54) is 18.2 Å². The van der Waals surface area contributed by atoms with Crippen LogP contribution in [0.15, 0.2) is 43.0 Å². The number of allylic oxidation sites excluding steroid dienone is 1. The molecular weight excluding hydrogens is 529 g/mol. The zero-order valence-electron chi connectivity index (χ0n) is 24.1. The molecule has 4 nitrogen and oxygen atoms in total. The summed E-state index contributed by atoms with van der Waals surface area (Å²) in [7, 11) is 0. The van der Waals surface area contributed by atoms with Gasteiger partial charge in [0.05, 0.1) is 18.3 Å². The Hall–Kier alpha value is -2.80. The van der Waals surface area contributed by atoms with Crippen LogP contribution in [0, 0.1) is 23.4 Å². The van der Waals surface area contributed by atoms with Crippen molar-refractivity contribution in [2.24, 2.45) is 5.92 Å². The molecule has 2 aromatic rings. The van der Waals surface area contributed by atoms with Crippen LogP contribution in [0.25, 0.3) is 0 Å². The highest BCUT2D eigenvalue weighted by Crippen LogP contribution is 2.40. The van der Waals surface area contributed by atoms with Crippen molar-refractivity contribution in [2.75, 3.05) is 6.61 Å². The predicted octanol–water partition coefficient (Wildman–Crippen LogP) is 8.77. The Bertz CT molecular complexity index is 1170. The molecule has 1 N–H and O–H groups in total. The molecule has 0 radical (unpaired) electrons. The van der Waals surface area contributed by atoms with Gasteiger partial charge in [-0.15, -0.1) is 6.58 Å². The summed E-state index contributed by atoms with van der Waals surface area (Å²) in [5.41, 5.74) is 0.513. The quantitative estimate of drug-likeness (QED) is 0.157. The van der Waals surface area contributed by atoms with E-state index in [-0.39, 0.29) is 35.2 Å². The average molecular weight is 573 g/mol. The standard InChI is InChI=1S/C34H43F3O4/c1-3-5-6-20-40-26-16-17-27(30(35)21-26)22-12-14-25(15-13-22)41-34(39)29-19-18-28(32(36)33(29)37)23-8-10-24(11-9-23)31(38)7-4-2/h3,16-19,21-25,31,38H,1,4-15,20H2,2H3. The first-order valence-corrected chi connectivity index (χ1v) is 15.2. The molecule has 0 saturated heterocycles. The lowest BCUT2D eigenvalue weighted by Crippen LogP contribution is -2.26. The number of halogens is 3. The normalized spacial score (nSPS) is 23.5. The molecule has 7 heteroatoms. The zero-order chi connectivity index (χ0) is 29.4. The van der Waals surface area contributed by atoms with Crippen LogP contribution in [-0.4, -0.2) is 29.9 Å². The van der Waals surface area contributed by atoms with Gasteiger partial charge in [-0.1, -0.05) is 31.6 Å². The van der Waals surface area contributed by atoms with Gasteiger partial charge in [-0.2, -0.15) is 0 Å². The van der Waals surface area contributed by atoms with Crippen LogP contribution in [0.1, 0.15) is 117 Å². The van der Waals surface area contributed by atoms with Gasteiger partial charge in [-0.25, -0.2) is 18.0 Å². The minimum absolute atomic E-state index is 0.00796. The Morgan fingerprint density at radius 1 is 0.976 bits per heavy atom. The number of aliphatic hydroxyl groups excluding tert-OH is 1. The Kier molecular flexibility index (Phi) is 11.3. The Morgan fingerprint density at radius 3 is 2.29 bits per heavy atom. The third-order valence-electron chi connectivity index (χ3n) is 8.85. The summed E-state index contributed by atoms with van der Waals surface area (Å²) in [4.78, 5) is 12.8. The third-order valence-corrected chi connectivity index (χ3v) is 8.85. The molecule has 2 aromatic carbocycles. The smallest absolute Gasteiger partial charge is 0.341 e. The number of hydrogen-bond acceptors (Lipinski definition) is 4. The molecular formula is C34H43F3O4. The number of esters is 1. The van der Waals surface area contributed by atoms with E-state index in [0.717, 1.165) is 38.5 Å². The maximum Gasteiger partial charge on any atom is 0.341 e. The van der Waals surface area contributed by atoms with Gasteiger partial charge in [0.25, 0.3) is 0 Å². The molecule has 0 aliphatic heterocycles. The molecule has 1 atom stereocenters. The lowest BCUT2D eigenvalue weighted by Gasteiger charge is -2.32. The van der Waals surface area contributed by atoms with Crippen LogP contribution in [0.4, 0.5) is 13.2 Å². The van der Waals surface area contributed by atoms with E-state index in [9.17, 15) is 14.3 Å². The van der Waals surface area contributed by atoms with Crippen LogP contribution < -0.4 is 4.74 Å². The van der Waals surface area contributed by atoms with Crippen LogP contribution in [0.2, 0.25) is 0 Å². The summed E-state index contributed by atoms with van der Waals surface area (Å²) in [6, 6.07) is 7.79. The largest absolute Gasteiger partial charge is 0.493 e. The predicted molar refractivity (Wildman–Crippen MR) is 154 cm³/mol. The molecule has 1 unspecified atom stereocenters. The highest BCUT2D eigenvalue weighted by molar-refractivity contribution is 5.90. The molecule has 0 heterocycles. The van der Waals surface area contributed by atoms with Crippen molar-refractivity contribution in [1.82, 2.24) is 0 Å². The van der Waals surface area contributed by atoms with Crippen molar-refractivity contribution < 1.29 is 32.5 Å². The topological polar surface area (TPSA) is 55.8 Å². The number of ether oxygens (including phenoxy) is 2. The van der Waals surface area contributed by atoms with Gasteiger partial charge in [0.2, 0.25) is 0 Å². The average Bonchev–Trinajstić information content (AvgIpc) is 2.97. The molecule has 0 amide bonds. The van der Waals surface area contributed by atoms with E-state index in [2.05, 4.69) is 6.58 Å². The number of carbonyl (C=O) groups is 1. The first-order chi connectivity index (χ1) is 19.8. The molecule has 0 aromatic heterocycles. The van der Waals surface area contributed by atoms with Crippen molar-refractivity contribution in [1.29, 1.82) is 0 Å². The Morgan fingerprint density at radius 2 is 1.63 bits per heavy atom. The van der Waals surface area contributed by atoms with E-state index in [1.807, 2.05) is 13.0 Å². The van der Waals surface area contributed by atoms with Gasteiger partial charge < -0.3 is 14.6 Å². The van der Waals surface area contributed by atoms with Crippen molar-refractivity contribution in [2.45, 2.75) is 108 Å². The molecule has 2 saturated carbocycles. The minimum atomic E-state index is -1.16. The second-order valence-corrected chi connectivity index (χ2v) is 11.6. The van der Waals surface area contributed by atoms with Crippen molar-refractivity contribution in [3.8, 4) is 5.75 Å². The Balaban J connectivity index is 1.29. The fourth-order valence-corrected chi connectivity index (χ4v) is 6.44. The van der Waals surface area contributed by atoms with Crippen LogP contribution in [0.3, 0.4) is 0 Å². The maximum absolute atomic E-state index is 15.1. The van der Waals surface area contributed by atoms with Gasteiger partial charge in [0.1, 0.15) is 17.7 Å². The Labute approximate surface area is 241 Å². The first-order valence-electron chi connectivity index (χ1n) is 15.2. The molecule has 2 fully saturated rings. The summed E-state index contributed by atoms with van der Waals surface area (Å²) in [5, 5.41) is 10.3. The molecule has 41 heavy (non-hydrogen) atoms. The van der Waals surface area contributed by atoms with Crippen LogP contribution >= 0.6 is 0 Å². The van der Waals surface area contributed by atoms with E-state index in [0.29, 0.717) is 56.4 Å². The monoisotopic (exact) mass is 572 g/mol. The second-order valence-electron chi connectivity index (χ2n) is 11.6. The van der Waals surface area contributed by atoms with Crippen molar-refractivity contribution in [3.63, 3.8) is 0 Å². The van der Waals surface area contributed by atoms with Gasteiger partial charge in [-0.05, 0) is 112 Å². The fourth-order valence-electron chi connectivity index (χ4n) is 6.44. The highest BCUT2D eigenvalue weighted by Gasteiger charge is 2.32. The fraction of sp³-hybridized carbons (Fsp3) is 0.559. The lowest BCUT2D eigenvalue weighted by atomic mass is 9.76. The molecule has 2 aliphatic carbocycles. The van der Waals surface area contributed by atoms with E-state index in [1.54, 1.807) is 12.1 Å². The summed E-state index contributed by atoms with van der Waals surface area (Å²) in [6.07, 6.45) is 9.58. The molecule has 0 spiro atoms. The van der Waals surface area contributed by atoms with E-state index in [4.69, 9.17) is 9.47 Å². The van der Waals surface area contributed by atoms with Gasteiger partial charge in [0.15, 0.2) is 11.6 Å². The van der Waals surface area contributed by atoms with E-state index < -0.39 is 29.3 Å². The summed E-state index contributed by atoms with van der Waals surface area (Å²) in [6.45, 7) is 6.21. The SMILES string of the molecule is C=CCCCOc1ccc(C2CCC(OC(=O)c3ccc(C4CCC(C(O)CCC)CC4)c(F)c3F)CC2)c(F)c1. The number of aliphatic hydroxyl groups is 1. The molecule has 224 valence electrons. The lowest BCUT2D eigenvalue weighted by molar-refractivity contribution is 0.0188. The highest BCUT2D eigenvalue weighted by atomic mass is 19.2. The van der Waals surface area contributed by atoms with Gasteiger partial charge >= 0.3 is 5.97 Å². The summed E-state index contributed by atoms with van der Waals surface area (Å²) in [5.74, 6) is -2.77. The first kappa shape index (κ1) is 31.1. The van der Waals surface area contributed by atoms with Crippen molar-refractivity contribution in [3.05, 3.63) is 77.1 Å². The number of carbonyl (C=O) groups excluding carboxylic acids is 1. The molecule has 0 bridgehead atoms. The number of unbranched alkanes of at least 4 members (excludes halogenated alkanes) is 1. The minimum Gasteiger partial charge on any atom is -0.493 e. The number of benzene rings is 2. The van der Waals surface area contributed by atoms with Crippen LogP contribution in [0.5, 0.6) is 5.75 Å². The third kappa shape index (κ3) is 7.94. The summed E-state index contributed by atoms with van der Waals surface area (Å²) < 4.78 is 56.1. The maximum atomic E-state index is 15.1. The number of rotatable bonds is 12. The summed E-state index contributed by atoms with van der Waals surface area (Å²) >= 11 is 0. The van der Waals surface area contributed by atoms with Gasteiger partial charge in [0, 0.05) is 6.07 Å². The number of hydrogen-bond donors (Lipinski definition) is 1. The molecule has 4 rings (SSSR count).